The minimum atomic E-state index is -1.26. The fourth-order valence-corrected chi connectivity index (χ4v) is 3.13. The van der Waals surface area contributed by atoms with Crippen molar-refractivity contribution in [3.8, 4) is 5.75 Å². The molecule has 1 heterocycles. The summed E-state index contributed by atoms with van der Waals surface area (Å²) >= 11 is 0. The van der Waals surface area contributed by atoms with Crippen LogP contribution in [0.1, 0.15) is 51.8 Å². The van der Waals surface area contributed by atoms with E-state index in [9.17, 15) is 14.0 Å². The van der Waals surface area contributed by atoms with Crippen molar-refractivity contribution in [2.45, 2.75) is 72.1 Å². The van der Waals surface area contributed by atoms with Gasteiger partial charge in [-0.2, -0.15) is 0 Å². The highest BCUT2D eigenvalue weighted by molar-refractivity contribution is 5.76. The molecule has 0 aliphatic heterocycles. The number of alkyl halides is 1. The molecule has 0 bridgehead atoms. The minimum absolute atomic E-state index is 0.0579. The van der Waals surface area contributed by atoms with Gasteiger partial charge in [0.15, 0.2) is 5.60 Å². The van der Waals surface area contributed by atoms with Gasteiger partial charge in [-0.15, -0.1) is 6.58 Å². The van der Waals surface area contributed by atoms with Crippen molar-refractivity contribution in [3.63, 3.8) is 0 Å². The van der Waals surface area contributed by atoms with E-state index in [2.05, 4.69) is 13.5 Å². The molecular weight excluding hydrogens is 423 g/mol. The number of hydrogen-bond donors (Lipinski definition) is 1. The van der Waals surface area contributed by atoms with Gasteiger partial charge in [-0.3, -0.25) is 9.13 Å². The Morgan fingerprint density at radius 1 is 1.24 bits per heavy atom. The van der Waals surface area contributed by atoms with Gasteiger partial charge in [-0.1, -0.05) is 37.3 Å². The summed E-state index contributed by atoms with van der Waals surface area (Å²) in [6, 6.07) is 7.54. The molecule has 0 amide bonds. The third-order valence-electron chi connectivity index (χ3n) is 4.93. The topological polar surface area (TPSA) is 73.5 Å². The van der Waals surface area contributed by atoms with Gasteiger partial charge < -0.3 is 9.84 Å². The van der Waals surface area contributed by atoms with E-state index in [0.29, 0.717) is 12.3 Å². The van der Waals surface area contributed by atoms with Gasteiger partial charge in [0.25, 0.3) is 0 Å². The highest BCUT2D eigenvalue weighted by atomic mass is 19.1. The maximum Gasteiger partial charge on any atom is 0.347 e. The van der Waals surface area contributed by atoms with Crippen LogP contribution in [0.15, 0.2) is 60.1 Å². The molecule has 1 aromatic carbocycles. The molecule has 0 radical (unpaired) electrons. The number of nitrogens with zero attached hydrogens (tertiary/aromatic N) is 2. The largest absolute Gasteiger partial charge is 0.478 e. The number of aryl methyl sites for hydroxylation is 2. The number of imidazole rings is 1. The van der Waals surface area contributed by atoms with E-state index in [4.69, 9.17) is 9.84 Å². The Hall–Kier alpha value is -3.09. The first kappa shape index (κ1) is 27.9. The highest BCUT2D eigenvalue weighted by Crippen LogP contribution is 2.20. The number of hydrogen-bond acceptors (Lipinski definition) is 3. The second kappa shape index (κ2) is 14.1. The molecule has 0 unspecified atom stereocenters. The van der Waals surface area contributed by atoms with Crippen LogP contribution in [0.5, 0.6) is 5.75 Å². The van der Waals surface area contributed by atoms with Crippen LogP contribution in [0.4, 0.5) is 4.39 Å². The summed E-state index contributed by atoms with van der Waals surface area (Å²) < 4.78 is 19.8. The van der Waals surface area contributed by atoms with E-state index in [1.165, 1.54) is 19.9 Å². The van der Waals surface area contributed by atoms with Crippen molar-refractivity contribution in [1.82, 2.24) is 9.13 Å². The number of carboxylic acids is 1. The lowest BCUT2D eigenvalue weighted by molar-refractivity contribution is -0.152. The SMILES string of the molecule is C/C=C/Cn1cc(CCCc2ccc(OC(C)(C)C(=O)O)cc2)n(CCC)c1=O.C=CCF. The zero-order chi connectivity index (χ0) is 24.9. The Kier molecular flexibility index (Phi) is 12.0. The van der Waals surface area contributed by atoms with Gasteiger partial charge in [0.1, 0.15) is 12.4 Å². The molecule has 2 aromatic rings. The molecule has 2 rings (SSSR count). The smallest absolute Gasteiger partial charge is 0.347 e. The standard InChI is InChI=1S/C23H32N2O4.C3H5F/c1-5-7-16-24-17-19(25(15-6-2)22(24)28)10-8-9-18-11-13-20(14-12-18)29-23(3,4)21(26)27;1-2-3-4/h5,7,11-14,17H,6,8-10,15-16H2,1-4H3,(H,26,27);2H,1,3H2/b7-5+;. The van der Waals surface area contributed by atoms with E-state index in [1.54, 1.807) is 16.7 Å². The summed E-state index contributed by atoms with van der Waals surface area (Å²) in [5, 5.41) is 9.16. The van der Waals surface area contributed by atoms with Crippen LogP contribution in [0.25, 0.3) is 0 Å². The fourth-order valence-electron chi connectivity index (χ4n) is 3.13. The van der Waals surface area contributed by atoms with Crippen molar-refractivity contribution < 1.29 is 19.0 Å². The number of benzene rings is 1. The summed E-state index contributed by atoms with van der Waals surface area (Å²) in [4.78, 5) is 23.7. The molecule has 0 aliphatic carbocycles. The Balaban J connectivity index is 0.00000125. The lowest BCUT2D eigenvalue weighted by Gasteiger charge is -2.21. The van der Waals surface area contributed by atoms with Crippen LogP contribution in [0, 0.1) is 0 Å². The third-order valence-corrected chi connectivity index (χ3v) is 4.93. The van der Waals surface area contributed by atoms with E-state index in [-0.39, 0.29) is 5.69 Å². The monoisotopic (exact) mass is 460 g/mol. The fraction of sp³-hybridized carbons (Fsp3) is 0.462. The number of halogens is 1. The van der Waals surface area contributed by atoms with Crippen LogP contribution in [0.2, 0.25) is 0 Å². The Morgan fingerprint density at radius 2 is 1.88 bits per heavy atom. The Bertz CT molecular complexity index is 956. The first-order valence-corrected chi connectivity index (χ1v) is 11.3. The zero-order valence-electron chi connectivity index (χ0n) is 20.2. The number of carboxylic acid groups (broad SMARTS) is 1. The second-order valence-electron chi connectivity index (χ2n) is 8.13. The van der Waals surface area contributed by atoms with Crippen LogP contribution in [-0.2, 0) is 30.7 Å². The molecule has 7 heteroatoms. The summed E-state index contributed by atoms with van der Waals surface area (Å²) in [6.07, 6.45) is 10.7. The number of carbonyl (C=O) groups is 1. The second-order valence-corrected chi connectivity index (χ2v) is 8.13. The average Bonchev–Trinajstić information content (AvgIpc) is 3.08. The van der Waals surface area contributed by atoms with Crippen molar-refractivity contribution in [1.29, 1.82) is 0 Å². The van der Waals surface area contributed by atoms with Crippen LogP contribution in [-0.4, -0.2) is 32.5 Å². The first-order chi connectivity index (χ1) is 15.7. The van der Waals surface area contributed by atoms with E-state index in [1.807, 2.05) is 42.0 Å². The summed E-state index contributed by atoms with van der Waals surface area (Å²) in [5.74, 6) is -0.458. The third kappa shape index (κ3) is 9.12. The molecule has 0 atom stereocenters. The van der Waals surface area contributed by atoms with Gasteiger partial charge in [-0.05, 0) is 64.2 Å². The van der Waals surface area contributed by atoms with E-state index in [0.717, 1.165) is 43.5 Å². The molecule has 0 aliphatic rings. The van der Waals surface area contributed by atoms with Crippen LogP contribution >= 0.6 is 0 Å². The van der Waals surface area contributed by atoms with Crippen molar-refractivity contribution >= 4 is 5.97 Å². The predicted molar refractivity (Wildman–Crippen MR) is 131 cm³/mol. The van der Waals surface area contributed by atoms with Gasteiger partial charge in [-0.25, -0.2) is 14.0 Å². The van der Waals surface area contributed by atoms with Gasteiger partial charge in [0.05, 0.1) is 0 Å². The zero-order valence-corrected chi connectivity index (χ0v) is 20.2. The molecule has 1 aromatic heterocycles. The number of allylic oxidation sites excluding steroid dienone is 3. The molecule has 0 saturated heterocycles. The molecular formula is C26H37FN2O4. The number of aliphatic carboxylic acids is 1. The Labute approximate surface area is 196 Å². The maximum atomic E-state index is 12.6. The number of ether oxygens (including phenoxy) is 1. The number of rotatable bonds is 12. The molecule has 6 nitrogen and oxygen atoms in total. The summed E-state index contributed by atoms with van der Waals surface area (Å²) in [5.41, 5.74) is 1.03. The van der Waals surface area contributed by atoms with Crippen LogP contribution in [0.3, 0.4) is 0 Å². The minimum Gasteiger partial charge on any atom is -0.478 e. The van der Waals surface area contributed by atoms with Crippen molar-refractivity contribution in [2.75, 3.05) is 6.67 Å². The molecule has 1 N–H and O–H groups in total. The predicted octanol–water partition coefficient (Wildman–Crippen LogP) is 5.20. The summed E-state index contributed by atoms with van der Waals surface area (Å²) in [6.45, 7) is 11.1. The lowest BCUT2D eigenvalue weighted by Crippen LogP contribution is -2.37. The van der Waals surface area contributed by atoms with Crippen LogP contribution < -0.4 is 10.4 Å². The quantitative estimate of drug-likeness (QED) is 0.442. The molecule has 33 heavy (non-hydrogen) atoms. The van der Waals surface area contributed by atoms with Crippen molar-refractivity contribution in [3.05, 3.63) is 77.0 Å². The average molecular weight is 461 g/mol. The van der Waals surface area contributed by atoms with E-state index < -0.39 is 18.2 Å². The first-order valence-electron chi connectivity index (χ1n) is 11.3. The Morgan fingerprint density at radius 3 is 2.39 bits per heavy atom. The molecule has 0 saturated carbocycles. The van der Waals surface area contributed by atoms with Gasteiger partial charge in [0.2, 0.25) is 0 Å². The molecule has 0 fully saturated rings. The molecule has 0 spiro atoms. The number of aromatic nitrogens is 2. The van der Waals surface area contributed by atoms with Crippen molar-refractivity contribution in [2.24, 2.45) is 0 Å². The lowest BCUT2D eigenvalue weighted by atomic mass is 10.1. The normalized spacial score (nSPS) is 11.2. The summed E-state index contributed by atoms with van der Waals surface area (Å²) in [7, 11) is 0. The van der Waals surface area contributed by atoms with Gasteiger partial charge >= 0.3 is 11.7 Å². The maximum absolute atomic E-state index is 12.6. The highest BCUT2D eigenvalue weighted by Gasteiger charge is 2.29. The molecule has 182 valence electrons. The van der Waals surface area contributed by atoms with E-state index >= 15 is 0 Å². The van der Waals surface area contributed by atoms with Gasteiger partial charge in [0, 0.05) is 25.0 Å².